The van der Waals surface area contributed by atoms with Crippen molar-refractivity contribution in [1.29, 1.82) is 0 Å². The van der Waals surface area contributed by atoms with Gasteiger partial charge in [0.1, 0.15) is 11.5 Å². The fourth-order valence-corrected chi connectivity index (χ4v) is 2.75. The van der Waals surface area contributed by atoms with Gasteiger partial charge in [-0.1, -0.05) is 12.1 Å². The molecule has 21 heavy (non-hydrogen) atoms. The van der Waals surface area contributed by atoms with E-state index in [1.165, 1.54) is 7.11 Å². The van der Waals surface area contributed by atoms with Crippen LogP contribution in [0.4, 0.5) is 0 Å². The van der Waals surface area contributed by atoms with Gasteiger partial charge in [0.05, 0.1) is 13.7 Å². The number of benzene rings is 2. The summed E-state index contributed by atoms with van der Waals surface area (Å²) in [5, 5.41) is 19.3. The maximum atomic E-state index is 9.83. The molecule has 3 rings (SSSR count). The lowest BCUT2D eigenvalue weighted by Crippen LogP contribution is -2.22. The Hall–Kier alpha value is -2.36. The highest BCUT2D eigenvalue weighted by molar-refractivity contribution is 5.43. The SMILES string of the molecule is COc1ccc(CC2COc3cc(O)ccc3C2)cc1O. The first-order chi connectivity index (χ1) is 10.2. The zero-order valence-electron chi connectivity index (χ0n) is 11.9. The molecule has 1 atom stereocenters. The molecule has 0 radical (unpaired) electrons. The van der Waals surface area contributed by atoms with Crippen LogP contribution in [0.1, 0.15) is 11.1 Å². The molecule has 2 aromatic rings. The van der Waals surface area contributed by atoms with E-state index in [1.807, 2.05) is 12.1 Å². The summed E-state index contributed by atoms with van der Waals surface area (Å²) in [4.78, 5) is 0. The molecule has 0 amide bonds. The van der Waals surface area contributed by atoms with Gasteiger partial charge in [0.15, 0.2) is 11.5 Å². The lowest BCUT2D eigenvalue weighted by Gasteiger charge is -2.25. The van der Waals surface area contributed by atoms with E-state index in [-0.39, 0.29) is 11.5 Å². The normalized spacial score (nSPS) is 16.9. The minimum Gasteiger partial charge on any atom is -0.508 e. The Kier molecular flexibility index (Phi) is 3.60. The summed E-state index contributed by atoms with van der Waals surface area (Å²) in [5.41, 5.74) is 2.17. The van der Waals surface area contributed by atoms with Crippen LogP contribution in [0.2, 0.25) is 0 Å². The van der Waals surface area contributed by atoms with Crippen molar-refractivity contribution in [1.82, 2.24) is 0 Å². The monoisotopic (exact) mass is 286 g/mol. The van der Waals surface area contributed by atoms with Crippen molar-refractivity contribution in [3.63, 3.8) is 0 Å². The highest BCUT2D eigenvalue weighted by Crippen LogP contribution is 2.33. The zero-order chi connectivity index (χ0) is 14.8. The standard InChI is InChI=1S/C17H18O4/c1-20-16-5-2-11(8-15(16)19)6-12-7-13-3-4-14(18)9-17(13)21-10-12/h2-5,8-9,12,18-19H,6-7,10H2,1H3. The number of fused-ring (bicyclic) bond motifs is 1. The van der Waals surface area contributed by atoms with Crippen molar-refractivity contribution in [2.24, 2.45) is 5.92 Å². The maximum Gasteiger partial charge on any atom is 0.160 e. The van der Waals surface area contributed by atoms with Gasteiger partial charge in [0, 0.05) is 12.0 Å². The molecule has 110 valence electrons. The Bertz CT molecular complexity index is 651. The molecule has 0 spiro atoms. The summed E-state index contributed by atoms with van der Waals surface area (Å²) in [6, 6.07) is 10.7. The average Bonchev–Trinajstić information content (AvgIpc) is 2.48. The molecule has 0 saturated heterocycles. The maximum absolute atomic E-state index is 9.83. The molecular formula is C17H18O4. The third-order valence-corrected chi connectivity index (χ3v) is 3.80. The number of rotatable bonds is 3. The van der Waals surface area contributed by atoms with E-state index in [1.54, 1.807) is 24.3 Å². The molecule has 0 saturated carbocycles. The van der Waals surface area contributed by atoms with Gasteiger partial charge in [0.2, 0.25) is 0 Å². The highest BCUT2D eigenvalue weighted by Gasteiger charge is 2.21. The fourth-order valence-electron chi connectivity index (χ4n) is 2.75. The lowest BCUT2D eigenvalue weighted by molar-refractivity contribution is 0.220. The third kappa shape index (κ3) is 2.89. The Morgan fingerprint density at radius 2 is 2.05 bits per heavy atom. The summed E-state index contributed by atoms with van der Waals surface area (Å²) in [6.45, 7) is 0.614. The van der Waals surface area contributed by atoms with Crippen molar-refractivity contribution in [2.45, 2.75) is 12.8 Å². The molecule has 0 fully saturated rings. The van der Waals surface area contributed by atoms with E-state index >= 15 is 0 Å². The molecular weight excluding hydrogens is 268 g/mol. The first-order valence-corrected chi connectivity index (χ1v) is 6.96. The first-order valence-electron chi connectivity index (χ1n) is 6.96. The van der Waals surface area contributed by atoms with Crippen molar-refractivity contribution in [3.05, 3.63) is 47.5 Å². The Morgan fingerprint density at radius 1 is 1.19 bits per heavy atom. The second-order valence-corrected chi connectivity index (χ2v) is 5.38. The van der Waals surface area contributed by atoms with E-state index in [0.29, 0.717) is 18.3 Å². The van der Waals surface area contributed by atoms with Crippen molar-refractivity contribution in [2.75, 3.05) is 13.7 Å². The summed E-state index contributed by atoms with van der Waals surface area (Å²) < 4.78 is 10.8. The molecule has 1 aliphatic heterocycles. The molecule has 0 bridgehead atoms. The Labute approximate surface area is 123 Å². The molecule has 1 aliphatic rings. The Balaban J connectivity index is 1.72. The number of hydrogen-bond acceptors (Lipinski definition) is 4. The number of ether oxygens (including phenoxy) is 2. The topological polar surface area (TPSA) is 58.9 Å². The summed E-state index contributed by atoms with van der Waals surface area (Å²) in [7, 11) is 1.54. The van der Waals surface area contributed by atoms with Gasteiger partial charge >= 0.3 is 0 Å². The highest BCUT2D eigenvalue weighted by atomic mass is 16.5. The first kappa shape index (κ1) is 13.6. The van der Waals surface area contributed by atoms with Gasteiger partial charge in [-0.3, -0.25) is 0 Å². The van der Waals surface area contributed by atoms with Gasteiger partial charge in [-0.25, -0.2) is 0 Å². The van der Waals surface area contributed by atoms with Crippen molar-refractivity contribution in [3.8, 4) is 23.0 Å². The van der Waals surface area contributed by atoms with Crippen LogP contribution in [0.5, 0.6) is 23.0 Å². The molecule has 0 aliphatic carbocycles. The van der Waals surface area contributed by atoms with Gasteiger partial charge < -0.3 is 19.7 Å². The molecule has 2 aromatic carbocycles. The van der Waals surface area contributed by atoms with E-state index in [9.17, 15) is 10.2 Å². The molecule has 4 heteroatoms. The van der Waals surface area contributed by atoms with Gasteiger partial charge in [-0.2, -0.15) is 0 Å². The molecule has 4 nitrogen and oxygen atoms in total. The third-order valence-electron chi connectivity index (χ3n) is 3.80. The van der Waals surface area contributed by atoms with E-state index in [2.05, 4.69) is 0 Å². The van der Waals surface area contributed by atoms with Crippen LogP contribution >= 0.6 is 0 Å². The minimum atomic E-state index is 0.164. The number of phenolic OH excluding ortho intramolecular Hbond substituents is 2. The minimum absolute atomic E-state index is 0.164. The number of methoxy groups -OCH3 is 1. The van der Waals surface area contributed by atoms with Crippen LogP contribution in [0.3, 0.4) is 0 Å². The van der Waals surface area contributed by atoms with Crippen molar-refractivity contribution >= 4 is 0 Å². The molecule has 0 aromatic heterocycles. The quantitative estimate of drug-likeness (QED) is 0.911. The number of phenols is 2. The van der Waals surface area contributed by atoms with E-state index in [0.717, 1.165) is 29.7 Å². The van der Waals surface area contributed by atoms with Gasteiger partial charge in [-0.15, -0.1) is 0 Å². The fraction of sp³-hybridized carbons (Fsp3) is 0.294. The molecule has 1 heterocycles. The number of aromatic hydroxyl groups is 2. The zero-order valence-corrected chi connectivity index (χ0v) is 11.9. The second kappa shape index (κ2) is 5.56. The summed E-state index contributed by atoms with van der Waals surface area (Å²) >= 11 is 0. The van der Waals surface area contributed by atoms with Gasteiger partial charge in [0.25, 0.3) is 0 Å². The molecule has 2 N–H and O–H groups in total. The largest absolute Gasteiger partial charge is 0.508 e. The number of hydrogen-bond donors (Lipinski definition) is 2. The Morgan fingerprint density at radius 3 is 2.81 bits per heavy atom. The van der Waals surface area contributed by atoms with Gasteiger partial charge in [-0.05, 0) is 42.2 Å². The summed E-state index contributed by atoms with van der Waals surface area (Å²) in [5.74, 6) is 2.00. The predicted octanol–water partition coefficient (Wildman–Crippen LogP) is 2.90. The van der Waals surface area contributed by atoms with Crippen LogP contribution in [0.25, 0.3) is 0 Å². The smallest absolute Gasteiger partial charge is 0.160 e. The van der Waals surface area contributed by atoms with E-state index < -0.39 is 0 Å². The van der Waals surface area contributed by atoms with Crippen molar-refractivity contribution < 1.29 is 19.7 Å². The predicted molar refractivity (Wildman–Crippen MR) is 79.2 cm³/mol. The van der Waals surface area contributed by atoms with Crippen LogP contribution in [0.15, 0.2) is 36.4 Å². The van der Waals surface area contributed by atoms with Crippen LogP contribution in [0, 0.1) is 5.92 Å². The van der Waals surface area contributed by atoms with Crippen LogP contribution in [-0.2, 0) is 12.8 Å². The summed E-state index contributed by atoms with van der Waals surface area (Å²) in [6.07, 6.45) is 1.74. The lowest BCUT2D eigenvalue weighted by atomic mass is 9.91. The average molecular weight is 286 g/mol. The second-order valence-electron chi connectivity index (χ2n) is 5.38. The van der Waals surface area contributed by atoms with Crippen LogP contribution in [-0.4, -0.2) is 23.9 Å². The van der Waals surface area contributed by atoms with E-state index in [4.69, 9.17) is 9.47 Å². The van der Waals surface area contributed by atoms with Crippen LogP contribution < -0.4 is 9.47 Å². The molecule has 1 unspecified atom stereocenters.